The van der Waals surface area contributed by atoms with Crippen LogP contribution in [0.2, 0.25) is 0 Å². The van der Waals surface area contributed by atoms with Gasteiger partial charge in [0.15, 0.2) is 11.0 Å². The van der Waals surface area contributed by atoms with Crippen LogP contribution in [0.3, 0.4) is 0 Å². The Morgan fingerprint density at radius 3 is 2.21 bits per heavy atom. The smallest absolute Gasteiger partial charge is 0.189 e. The standard InChI is InChI=1S/C22H20FN5S/c1-29-22-25-20(16-7-9-17(23)10-8-16)19(15-24)21(26-22)28-13-11-27(12-14-28)18-5-3-2-4-6-18/h2-10H,11-14H2,1H3. The molecule has 0 radical (unpaired) electrons. The zero-order valence-electron chi connectivity index (χ0n) is 16.0. The highest BCUT2D eigenvalue weighted by molar-refractivity contribution is 7.98. The van der Waals surface area contributed by atoms with Crippen LogP contribution in [0.4, 0.5) is 15.9 Å². The van der Waals surface area contributed by atoms with Gasteiger partial charge in [0.2, 0.25) is 0 Å². The number of piperazine rings is 1. The molecule has 2 heterocycles. The van der Waals surface area contributed by atoms with Crippen molar-refractivity contribution in [3.63, 3.8) is 0 Å². The number of thioether (sulfide) groups is 1. The van der Waals surface area contributed by atoms with E-state index in [0.29, 0.717) is 27.8 Å². The van der Waals surface area contributed by atoms with Gasteiger partial charge in [-0.1, -0.05) is 30.0 Å². The number of nitrogens with zero attached hydrogens (tertiary/aromatic N) is 5. The second kappa shape index (κ2) is 8.50. The van der Waals surface area contributed by atoms with Gasteiger partial charge in [-0.2, -0.15) is 5.26 Å². The molecule has 1 aromatic heterocycles. The van der Waals surface area contributed by atoms with Crippen molar-refractivity contribution in [3.05, 3.63) is 66.0 Å². The van der Waals surface area contributed by atoms with Crippen molar-refractivity contribution in [1.29, 1.82) is 5.26 Å². The van der Waals surface area contributed by atoms with E-state index < -0.39 is 0 Å². The number of hydrogen-bond donors (Lipinski definition) is 0. The monoisotopic (exact) mass is 405 g/mol. The van der Waals surface area contributed by atoms with E-state index in [4.69, 9.17) is 0 Å². The summed E-state index contributed by atoms with van der Waals surface area (Å²) in [5.74, 6) is 0.336. The summed E-state index contributed by atoms with van der Waals surface area (Å²) in [5.41, 5.74) is 2.90. The second-order valence-electron chi connectivity index (χ2n) is 6.69. The lowest BCUT2D eigenvalue weighted by Gasteiger charge is -2.37. The van der Waals surface area contributed by atoms with E-state index in [1.807, 2.05) is 24.5 Å². The number of halogens is 1. The predicted octanol–water partition coefficient (Wildman–Crippen LogP) is 4.20. The Kier molecular flexibility index (Phi) is 5.63. The molecule has 0 amide bonds. The van der Waals surface area contributed by atoms with E-state index in [2.05, 4.69) is 38.0 Å². The molecule has 0 aliphatic carbocycles. The first-order valence-electron chi connectivity index (χ1n) is 9.36. The minimum atomic E-state index is -0.316. The summed E-state index contributed by atoms with van der Waals surface area (Å²) < 4.78 is 13.4. The van der Waals surface area contributed by atoms with Crippen LogP contribution in [0, 0.1) is 17.1 Å². The maximum atomic E-state index is 13.4. The number of aromatic nitrogens is 2. The number of benzene rings is 2. The van der Waals surface area contributed by atoms with Crippen molar-refractivity contribution in [1.82, 2.24) is 9.97 Å². The summed E-state index contributed by atoms with van der Waals surface area (Å²) in [4.78, 5) is 13.7. The van der Waals surface area contributed by atoms with E-state index in [1.165, 1.54) is 29.6 Å². The van der Waals surface area contributed by atoms with Crippen LogP contribution in [0.1, 0.15) is 5.56 Å². The average Bonchev–Trinajstić information content (AvgIpc) is 2.79. The highest BCUT2D eigenvalue weighted by Gasteiger charge is 2.24. The highest BCUT2D eigenvalue weighted by atomic mass is 32.2. The third-order valence-electron chi connectivity index (χ3n) is 4.98. The molecule has 1 saturated heterocycles. The van der Waals surface area contributed by atoms with Gasteiger partial charge in [0.25, 0.3) is 0 Å². The van der Waals surface area contributed by atoms with E-state index in [1.54, 1.807) is 12.1 Å². The molecule has 1 aliphatic rings. The van der Waals surface area contributed by atoms with Crippen molar-refractivity contribution in [2.45, 2.75) is 5.16 Å². The maximum absolute atomic E-state index is 13.4. The Bertz CT molecular complexity index is 1030. The molecule has 146 valence electrons. The van der Waals surface area contributed by atoms with Crippen molar-refractivity contribution in [2.75, 3.05) is 42.2 Å². The molecule has 0 atom stereocenters. The molecule has 0 unspecified atom stereocenters. The van der Waals surface area contributed by atoms with E-state index in [-0.39, 0.29) is 5.82 Å². The molecular weight excluding hydrogens is 385 g/mol. The molecule has 0 bridgehead atoms. The van der Waals surface area contributed by atoms with E-state index in [0.717, 1.165) is 26.2 Å². The highest BCUT2D eigenvalue weighted by Crippen LogP contribution is 2.31. The van der Waals surface area contributed by atoms with Gasteiger partial charge in [-0.25, -0.2) is 14.4 Å². The van der Waals surface area contributed by atoms with Gasteiger partial charge in [0.1, 0.15) is 17.4 Å². The Labute approximate surface area is 173 Å². The fourth-order valence-corrected chi connectivity index (χ4v) is 3.84. The summed E-state index contributed by atoms with van der Waals surface area (Å²) in [6.45, 7) is 3.22. The summed E-state index contributed by atoms with van der Waals surface area (Å²) in [6, 6.07) is 18.7. The zero-order chi connectivity index (χ0) is 20.2. The second-order valence-corrected chi connectivity index (χ2v) is 7.46. The molecule has 4 rings (SSSR count). The van der Waals surface area contributed by atoms with Crippen LogP contribution >= 0.6 is 11.8 Å². The van der Waals surface area contributed by atoms with Crippen LogP contribution in [0.15, 0.2) is 59.8 Å². The van der Waals surface area contributed by atoms with Gasteiger partial charge in [0, 0.05) is 37.4 Å². The third kappa shape index (κ3) is 4.03. The predicted molar refractivity (Wildman–Crippen MR) is 115 cm³/mol. The number of para-hydroxylation sites is 1. The molecule has 1 fully saturated rings. The van der Waals surface area contributed by atoms with Gasteiger partial charge < -0.3 is 9.80 Å². The van der Waals surface area contributed by atoms with Crippen molar-refractivity contribution >= 4 is 23.3 Å². The normalized spacial score (nSPS) is 14.0. The minimum Gasteiger partial charge on any atom is -0.368 e. The zero-order valence-corrected chi connectivity index (χ0v) is 16.9. The van der Waals surface area contributed by atoms with Gasteiger partial charge in [-0.05, 0) is 42.7 Å². The summed E-state index contributed by atoms with van der Waals surface area (Å²) >= 11 is 1.43. The molecule has 7 heteroatoms. The number of anilines is 2. The van der Waals surface area contributed by atoms with Crippen molar-refractivity contribution in [3.8, 4) is 17.3 Å². The van der Waals surface area contributed by atoms with Crippen LogP contribution in [-0.4, -0.2) is 42.4 Å². The van der Waals surface area contributed by atoms with Gasteiger partial charge >= 0.3 is 0 Å². The van der Waals surface area contributed by atoms with Crippen LogP contribution in [0.25, 0.3) is 11.3 Å². The molecule has 0 spiro atoms. The van der Waals surface area contributed by atoms with E-state index >= 15 is 0 Å². The third-order valence-corrected chi connectivity index (χ3v) is 5.53. The Morgan fingerprint density at radius 1 is 0.931 bits per heavy atom. The van der Waals surface area contributed by atoms with Crippen LogP contribution in [0.5, 0.6) is 0 Å². The molecule has 0 saturated carbocycles. The largest absolute Gasteiger partial charge is 0.368 e. The minimum absolute atomic E-state index is 0.316. The summed E-state index contributed by atoms with van der Waals surface area (Å²) in [5, 5.41) is 10.5. The first-order chi connectivity index (χ1) is 14.2. The molecule has 3 aromatic rings. The number of hydrogen-bond acceptors (Lipinski definition) is 6. The molecular formula is C22H20FN5S. The Hall–Kier alpha value is -3.11. The Balaban J connectivity index is 1.66. The molecule has 29 heavy (non-hydrogen) atoms. The van der Waals surface area contributed by atoms with Crippen molar-refractivity contribution < 1.29 is 4.39 Å². The van der Waals surface area contributed by atoms with Gasteiger partial charge in [-0.3, -0.25) is 0 Å². The Morgan fingerprint density at radius 2 is 1.59 bits per heavy atom. The lowest BCUT2D eigenvalue weighted by molar-refractivity contribution is 0.628. The SMILES string of the molecule is CSc1nc(-c2ccc(F)cc2)c(C#N)c(N2CCN(c3ccccc3)CC2)n1. The fourth-order valence-electron chi connectivity index (χ4n) is 3.48. The van der Waals surface area contributed by atoms with Crippen LogP contribution in [-0.2, 0) is 0 Å². The lowest BCUT2D eigenvalue weighted by Crippen LogP contribution is -2.47. The first kappa shape index (κ1) is 19.2. The molecule has 5 nitrogen and oxygen atoms in total. The maximum Gasteiger partial charge on any atom is 0.189 e. The first-order valence-corrected chi connectivity index (χ1v) is 10.6. The summed E-state index contributed by atoms with van der Waals surface area (Å²) in [7, 11) is 0. The molecule has 1 aliphatic heterocycles. The van der Waals surface area contributed by atoms with Crippen LogP contribution < -0.4 is 9.80 Å². The van der Waals surface area contributed by atoms with Gasteiger partial charge in [0.05, 0.1) is 5.69 Å². The number of rotatable bonds is 4. The summed E-state index contributed by atoms with van der Waals surface area (Å²) in [6.07, 6.45) is 1.91. The molecule has 2 aromatic carbocycles. The lowest BCUT2D eigenvalue weighted by atomic mass is 10.1. The van der Waals surface area contributed by atoms with Crippen molar-refractivity contribution in [2.24, 2.45) is 0 Å². The quantitative estimate of drug-likeness (QED) is 0.479. The average molecular weight is 406 g/mol. The number of nitriles is 1. The topological polar surface area (TPSA) is 56.1 Å². The van der Waals surface area contributed by atoms with E-state index in [9.17, 15) is 9.65 Å². The van der Waals surface area contributed by atoms with Gasteiger partial charge in [-0.15, -0.1) is 0 Å². The molecule has 0 N–H and O–H groups in total. The fraction of sp³-hybridized carbons (Fsp3) is 0.227.